The van der Waals surface area contributed by atoms with E-state index in [1.54, 1.807) is 0 Å². The van der Waals surface area contributed by atoms with Gasteiger partial charge in [0.25, 0.3) is 0 Å². The van der Waals surface area contributed by atoms with Gasteiger partial charge in [-0.2, -0.15) is 5.26 Å². The van der Waals surface area contributed by atoms with E-state index in [0.717, 1.165) is 6.26 Å². The predicted molar refractivity (Wildman–Crippen MR) is 47.9 cm³/mol. The second kappa shape index (κ2) is 4.24. The van der Waals surface area contributed by atoms with E-state index in [1.165, 1.54) is 4.31 Å². The van der Waals surface area contributed by atoms with Gasteiger partial charge >= 0.3 is 5.97 Å². The van der Waals surface area contributed by atoms with Crippen molar-refractivity contribution < 1.29 is 23.4 Å². The van der Waals surface area contributed by atoms with Crippen LogP contribution < -0.4 is 0 Å². The Labute approximate surface area is 82.4 Å². The molecule has 1 N–H and O–H groups in total. The fraction of sp³-hybridized carbons (Fsp3) is 0.857. The topological polar surface area (TPSA) is 83.9 Å². The Balaban J connectivity index is 2.51. The molecule has 82 valence electrons. The highest BCUT2D eigenvalue weighted by molar-refractivity contribution is 7.88. The number of piperidine rings is 1. The van der Waals surface area contributed by atoms with Crippen molar-refractivity contribution in [2.24, 2.45) is 5.92 Å². The number of carbonyl (C=O) groups excluding carboxylic acids is 1. The summed E-state index contributed by atoms with van der Waals surface area (Å²) < 4.78 is 23.5. The van der Waals surface area contributed by atoms with Crippen LogP contribution in [0.3, 0.4) is 0 Å². The minimum Gasteiger partial charge on any atom is -0.301 e. The molecule has 1 heterocycles. The first-order valence-electron chi connectivity index (χ1n) is 4.25. The van der Waals surface area contributed by atoms with Gasteiger partial charge in [-0.15, -0.1) is 0 Å². The molecule has 0 aromatic heterocycles. The van der Waals surface area contributed by atoms with Gasteiger partial charge in [0.15, 0.2) is 0 Å². The molecule has 1 rings (SSSR count). The molecule has 0 amide bonds. The minimum atomic E-state index is -3.16. The number of hydrogen-bond acceptors (Lipinski definition) is 5. The third kappa shape index (κ3) is 2.66. The van der Waals surface area contributed by atoms with Crippen LogP contribution in [0.15, 0.2) is 0 Å². The summed E-state index contributed by atoms with van der Waals surface area (Å²) in [7, 11) is -3.16. The van der Waals surface area contributed by atoms with Crippen LogP contribution in [0.5, 0.6) is 0 Å². The molecule has 0 spiro atoms. The molecule has 0 atom stereocenters. The van der Waals surface area contributed by atoms with Crippen LogP contribution in [-0.4, -0.2) is 43.3 Å². The number of sulfonamides is 1. The first kappa shape index (κ1) is 11.4. The molecule has 1 saturated heterocycles. The van der Waals surface area contributed by atoms with E-state index in [2.05, 4.69) is 4.89 Å². The summed E-state index contributed by atoms with van der Waals surface area (Å²) in [5.74, 6) is -1.07. The highest BCUT2D eigenvalue weighted by atomic mass is 32.2. The zero-order chi connectivity index (χ0) is 10.8. The largest absolute Gasteiger partial charge is 0.345 e. The SMILES string of the molecule is CS(=O)(=O)N1CCC(C(=O)OO)CC1. The molecular weight excluding hydrogens is 210 g/mol. The van der Waals surface area contributed by atoms with Crippen LogP contribution in [-0.2, 0) is 19.7 Å². The molecule has 0 aliphatic carbocycles. The number of nitrogens with zero attached hydrogens (tertiary/aromatic N) is 1. The smallest absolute Gasteiger partial charge is 0.301 e. The summed E-state index contributed by atoms with van der Waals surface area (Å²) in [5.41, 5.74) is 0. The Morgan fingerprint density at radius 3 is 2.29 bits per heavy atom. The van der Waals surface area contributed by atoms with Gasteiger partial charge in [-0.1, -0.05) is 0 Å². The Morgan fingerprint density at radius 2 is 1.93 bits per heavy atom. The number of rotatable bonds is 2. The lowest BCUT2D eigenvalue weighted by molar-refractivity contribution is -0.240. The average Bonchev–Trinajstić information content (AvgIpc) is 2.15. The van der Waals surface area contributed by atoms with Gasteiger partial charge in [0, 0.05) is 13.1 Å². The standard InChI is InChI=1S/C7H13NO5S/c1-14(11,12)8-4-2-6(3-5-8)7(9)13-10/h6,10H,2-5H2,1H3. The summed E-state index contributed by atoms with van der Waals surface area (Å²) in [6.45, 7) is 0.608. The Bertz CT molecular complexity index is 304. The van der Waals surface area contributed by atoms with Gasteiger partial charge in [-0.25, -0.2) is 17.5 Å². The van der Waals surface area contributed by atoms with Crippen molar-refractivity contribution in [2.45, 2.75) is 12.8 Å². The van der Waals surface area contributed by atoms with E-state index in [4.69, 9.17) is 5.26 Å². The molecule has 0 radical (unpaired) electrons. The van der Waals surface area contributed by atoms with Crippen LogP contribution in [0.1, 0.15) is 12.8 Å². The van der Waals surface area contributed by atoms with E-state index in [0.29, 0.717) is 25.9 Å². The summed E-state index contributed by atoms with van der Waals surface area (Å²) in [5, 5.41) is 8.13. The van der Waals surface area contributed by atoms with Gasteiger partial charge < -0.3 is 4.89 Å². The van der Waals surface area contributed by atoms with Crippen molar-refractivity contribution in [3.63, 3.8) is 0 Å². The maximum atomic E-state index is 11.1. The third-order valence-electron chi connectivity index (χ3n) is 2.35. The van der Waals surface area contributed by atoms with Crippen molar-refractivity contribution in [1.82, 2.24) is 4.31 Å². The lowest BCUT2D eigenvalue weighted by atomic mass is 9.99. The van der Waals surface area contributed by atoms with Gasteiger partial charge in [0.05, 0.1) is 12.2 Å². The van der Waals surface area contributed by atoms with Crippen LogP contribution in [0.4, 0.5) is 0 Å². The molecule has 1 aliphatic heterocycles. The van der Waals surface area contributed by atoms with Crippen LogP contribution in [0, 0.1) is 5.92 Å². The average molecular weight is 223 g/mol. The van der Waals surface area contributed by atoms with E-state index >= 15 is 0 Å². The van der Waals surface area contributed by atoms with Gasteiger partial charge in [0.1, 0.15) is 0 Å². The molecule has 0 aromatic rings. The minimum absolute atomic E-state index is 0.304. The fourth-order valence-electron chi connectivity index (χ4n) is 1.50. The van der Waals surface area contributed by atoms with Crippen molar-refractivity contribution in [3.8, 4) is 0 Å². The number of carbonyl (C=O) groups is 1. The van der Waals surface area contributed by atoms with E-state index in [1.807, 2.05) is 0 Å². The second-order valence-corrected chi connectivity index (χ2v) is 5.33. The molecule has 14 heavy (non-hydrogen) atoms. The van der Waals surface area contributed by atoms with Crippen LogP contribution >= 0.6 is 0 Å². The Kier molecular flexibility index (Phi) is 3.46. The molecule has 0 saturated carbocycles. The molecule has 1 fully saturated rings. The van der Waals surface area contributed by atoms with E-state index in [-0.39, 0.29) is 0 Å². The lowest BCUT2D eigenvalue weighted by Gasteiger charge is -2.28. The van der Waals surface area contributed by atoms with Crippen molar-refractivity contribution in [1.29, 1.82) is 0 Å². The second-order valence-electron chi connectivity index (χ2n) is 3.35. The molecule has 1 aliphatic rings. The Hall–Kier alpha value is -0.660. The van der Waals surface area contributed by atoms with Gasteiger partial charge in [-0.3, -0.25) is 0 Å². The normalized spacial score (nSPS) is 20.7. The van der Waals surface area contributed by atoms with Crippen molar-refractivity contribution in [3.05, 3.63) is 0 Å². The highest BCUT2D eigenvalue weighted by Gasteiger charge is 2.29. The molecule has 0 aromatic carbocycles. The van der Waals surface area contributed by atoms with Gasteiger partial charge in [0.2, 0.25) is 10.0 Å². The summed E-state index contributed by atoms with van der Waals surface area (Å²) in [4.78, 5) is 14.5. The first-order chi connectivity index (χ1) is 6.45. The third-order valence-corrected chi connectivity index (χ3v) is 3.65. The zero-order valence-electron chi connectivity index (χ0n) is 7.84. The maximum absolute atomic E-state index is 11.1. The summed E-state index contributed by atoms with van der Waals surface area (Å²) >= 11 is 0. The lowest BCUT2D eigenvalue weighted by Crippen LogP contribution is -2.39. The highest BCUT2D eigenvalue weighted by Crippen LogP contribution is 2.19. The zero-order valence-corrected chi connectivity index (χ0v) is 8.66. The monoisotopic (exact) mass is 223 g/mol. The predicted octanol–water partition coefficient (Wildman–Crippen LogP) is -0.326. The van der Waals surface area contributed by atoms with Crippen LogP contribution in [0.2, 0.25) is 0 Å². The first-order valence-corrected chi connectivity index (χ1v) is 6.10. The van der Waals surface area contributed by atoms with Crippen molar-refractivity contribution in [2.75, 3.05) is 19.3 Å². The molecule has 0 unspecified atom stereocenters. The maximum Gasteiger partial charge on any atom is 0.345 e. The Morgan fingerprint density at radius 1 is 1.43 bits per heavy atom. The van der Waals surface area contributed by atoms with Crippen LogP contribution in [0.25, 0.3) is 0 Å². The molecule has 0 bridgehead atoms. The van der Waals surface area contributed by atoms with Gasteiger partial charge in [-0.05, 0) is 12.8 Å². The fourth-order valence-corrected chi connectivity index (χ4v) is 2.37. The van der Waals surface area contributed by atoms with E-state index in [9.17, 15) is 13.2 Å². The quantitative estimate of drug-likeness (QED) is 0.512. The number of hydrogen-bond donors (Lipinski definition) is 1. The molecule has 6 nitrogen and oxygen atoms in total. The molecular formula is C7H13NO5S. The summed E-state index contributed by atoms with van der Waals surface area (Å²) in [6, 6.07) is 0. The van der Waals surface area contributed by atoms with Crippen molar-refractivity contribution >= 4 is 16.0 Å². The molecule has 7 heteroatoms. The summed E-state index contributed by atoms with van der Waals surface area (Å²) in [6.07, 6.45) is 1.93. The van der Waals surface area contributed by atoms with E-state index < -0.39 is 21.9 Å².